The van der Waals surface area contributed by atoms with E-state index in [0.29, 0.717) is 0 Å². The van der Waals surface area contributed by atoms with Crippen LogP contribution in [0.3, 0.4) is 0 Å². The molecule has 0 rings (SSSR count). The second-order valence-electron chi connectivity index (χ2n) is 0. The molecule has 6 heavy (non-hydrogen) atoms. The monoisotopic (exact) mass is 180 g/mol. The van der Waals surface area contributed by atoms with Crippen molar-refractivity contribution in [3.05, 3.63) is 0 Å². The number of hydrogen-bond acceptors (Lipinski definition) is 0. The summed E-state index contributed by atoms with van der Waals surface area (Å²) in [6, 6.07) is 0. The third-order valence-corrected chi connectivity index (χ3v) is 0. The zero-order chi connectivity index (χ0) is 0. The smallest absolute Gasteiger partial charge is 0.0776 e. The van der Waals surface area contributed by atoms with Gasteiger partial charge in [-0.2, -0.15) is 0 Å². The van der Waals surface area contributed by atoms with Crippen molar-refractivity contribution in [3.8, 4) is 0 Å². The SMILES string of the molecule is C.Cl.Cl.Cl.Cl.F. The van der Waals surface area contributed by atoms with Crippen molar-refractivity contribution in [2.75, 3.05) is 0 Å². The highest BCUT2D eigenvalue weighted by Crippen LogP contribution is 0.693. The summed E-state index contributed by atoms with van der Waals surface area (Å²) in [5.74, 6) is 0. The van der Waals surface area contributed by atoms with Gasteiger partial charge in [0.15, 0.2) is 0 Å². The highest BCUT2D eigenvalue weighted by Gasteiger charge is -0.0775. The summed E-state index contributed by atoms with van der Waals surface area (Å²) in [5.41, 5.74) is 0. The molecule has 0 saturated heterocycles. The average molecular weight is 182 g/mol. The summed E-state index contributed by atoms with van der Waals surface area (Å²) < 4.78 is 0. The van der Waals surface area contributed by atoms with Crippen LogP contribution >= 0.6 is 49.6 Å². The third kappa shape index (κ3) is 71.7. The first-order valence-electron chi connectivity index (χ1n) is 0. The Bertz CT molecular complexity index is 7.51. The Morgan fingerprint density at radius 3 is 0.500 bits per heavy atom. The molecule has 0 heterocycles. The molecule has 0 aliphatic heterocycles. The van der Waals surface area contributed by atoms with Crippen LogP contribution in [0.15, 0.2) is 0 Å². The molecule has 0 unspecified atom stereocenters. The first kappa shape index (κ1) is 221. The van der Waals surface area contributed by atoms with E-state index in [4.69, 9.17) is 0 Å². The number of halogens is 5. The molecule has 0 nitrogen and oxygen atoms in total. The minimum absolute atomic E-state index is 0. The van der Waals surface area contributed by atoms with Crippen molar-refractivity contribution >= 4 is 49.6 Å². The molecule has 0 radical (unpaired) electrons. The van der Waals surface area contributed by atoms with Gasteiger partial charge in [0.05, 0.1) is 0 Å². The lowest BCUT2D eigenvalue weighted by Crippen LogP contribution is 0.144. The molecule has 0 saturated carbocycles. The van der Waals surface area contributed by atoms with E-state index in [1.807, 2.05) is 0 Å². The molecule has 0 aliphatic carbocycles. The zero-order valence-corrected chi connectivity index (χ0v) is 5.31. The minimum atomic E-state index is 0. The van der Waals surface area contributed by atoms with Gasteiger partial charge in [0.2, 0.25) is 0 Å². The molecule has 0 aromatic rings. The molecule has 0 aromatic heterocycles. The Balaban J connectivity index is 0. The van der Waals surface area contributed by atoms with Crippen LogP contribution in [-0.2, 0) is 0 Å². The van der Waals surface area contributed by atoms with E-state index in [9.17, 15) is 0 Å². The van der Waals surface area contributed by atoms with Crippen molar-refractivity contribution in [3.63, 3.8) is 0 Å². The van der Waals surface area contributed by atoms with Gasteiger partial charge in [-0.05, 0) is 0 Å². The van der Waals surface area contributed by atoms with Crippen LogP contribution < -0.4 is 0 Å². The molecule has 0 N–H and O–H groups in total. The summed E-state index contributed by atoms with van der Waals surface area (Å²) in [7, 11) is 0. The maximum Gasteiger partial charge on any atom is -0.0776 e. The second-order valence-corrected chi connectivity index (χ2v) is 0. The molecule has 0 fully saturated rings. The normalized spacial score (nSPS) is 0. The van der Waals surface area contributed by atoms with E-state index in [0.717, 1.165) is 0 Å². The van der Waals surface area contributed by atoms with Gasteiger partial charge in [0.1, 0.15) is 0 Å². The first-order valence-corrected chi connectivity index (χ1v) is 0. The average Bonchev–Trinajstić information content (AvgIpc) is 0. The fraction of sp³-hybridized carbons (Fsp3) is 1.00. The lowest BCUT2D eigenvalue weighted by atomic mass is 12.0. The van der Waals surface area contributed by atoms with Gasteiger partial charge in [-0.3, -0.25) is 4.70 Å². The van der Waals surface area contributed by atoms with Crippen molar-refractivity contribution < 1.29 is 4.70 Å². The number of rotatable bonds is 0. The van der Waals surface area contributed by atoms with Crippen molar-refractivity contribution in [2.45, 2.75) is 7.43 Å². The van der Waals surface area contributed by atoms with Gasteiger partial charge in [-0.15, -0.1) is 49.6 Å². The third-order valence-electron chi connectivity index (χ3n) is 0. The lowest BCUT2D eigenvalue weighted by molar-refractivity contribution is 1.11. The summed E-state index contributed by atoms with van der Waals surface area (Å²) in [5, 5.41) is 0. The molecule has 48 valence electrons. The summed E-state index contributed by atoms with van der Waals surface area (Å²) in [4.78, 5) is 0. The maximum absolute atomic E-state index is 0. The molecule has 0 atom stereocenters. The minimum Gasteiger partial charge on any atom is -0.269 e. The second kappa shape index (κ2) is 133. The summed E-state index contributed by atoms with van der Waals surface area (Å²) >= 11 is 0. The fourth-order valence-electron chi connectivity index (χ4n) is 0. The van der Waals surface area contributed by atoms with Crippen molar-refractivity contribution in [2.24, 2.45) is 0 Å². The molecule has 5 heteroatoms. The predicted molar refractivity (Wildman–Crippen MR) is 38.2 cm³/mol. The summed E-state index contributed by atoms with van der Waals surface area (Å²) in [6.07, 6.45) is 0. The molecule has 0 aromatic carbocycles. The number of hydrogen-bond donors (Lipinski definition) is 0. The topological polar surface area (TPSA) is 0 Å². The van der Waals surface area contributed by atoms with Gasteiger partial charge < -0.3 is 0 Å². The van der Waals surface area contributed by atoms with E-state index < -0.39 is 0 Å². The van der Waals surface area contributed by atoms with E-state index in [-0.39, 0.29) is 61.8 Å². The van der Waals surface area contributed by atoms with Crippen LogP contribution in [0.5, 0.6) is 0 Å². The quantitative estimate of drug-likeness (QED) is 0.539. The predicted octanol–water partition coefficient (Wildman–Crippen LogP) is 2.48. The molecule has 0 spiro atoms. The van der Waals surface area contributed by atoms with E-state index >= 15 is 0 Å². The summed E-state index contributed by atoms with van der Waals surface area (Å²) in [6.45, 7) is 0. The Morgan fingerprint density at radius 1 is 0.500 bits per heavy atom. The maximum atomic E-state index is 0. The van der Waals surface area contributed by atoms with Gasteiger partial charge >= 0.3 is 0 Å². The lowest BCUT2D eigenvalue weighted by Gasteiger charge is -0.269. The Labute approximate surface area is 62.1 Å². The first-order chi connectivity index (χ1) is 0. The standard InChI is InChI=1S/CH4.4ClH.FH/h1H4;5*1H. The fourth-order valence-corrected chi connectivity index (χ4v) is 0. The van der Waals surface area contributed by atoms with Crippen molar-refractivity contribution in [1.82, 2.24) is 0 Å². The van der Waals surface area contributed by atoms with Crippen LogP contribution in [0, 0.1) is 0 Å². The van der Waals surface area contributed by atoms with Crippen molar-refractivity contribution in [1.29, 1.82) is 0 Å². The molecular formula is CH9Cl4F. The van der Waals surface area contributed by atoms with Gasteiger partial charge in [-0.1, -0.05) is 7.43 Å². The van der Waals surface area contributed by atoms with Crippen LogP contribution in [0.25, 0.3) is 0 Å². The highest BCUT2D eigenvalue weighted by atomic mass is 35.5. The van der Waals surface area contributed by atoms with Crippen LogP contribution in [0.1, 0.15) is 7.43 Å². The van der Waals surface area contributed by atoms with Gasteiger partial charge in [0.25, 0.3) is 0 Å². The van der Waals surface area contributed by atoms with Gasteiger partial charge in [-0.25, -0.2) is 0 Å². The molecular weight excluding hydrogens is 173 g/mol. The molecule has 0 aliphatic rings. The molecule has 0 amide bonds. The van der Waals surface area contributed by atoms with Crippen LogP contribution in [-0.4, -0.2) is 0 Å². The Kier molecular flexibility index (Phi) is 4900. The Morgan fingerprint density at radius 2 is 0.500 bits per heavy atom. The van der Waals surface area contributed by atoms with E-state index in [2.05, 4.69) is 0 Å². The van der Waals surface area contributed by atoms with Crippen LogP contribution in [0.2, 0.25) is 0 Å². The zero-order valence-electron chi connectivity index (χ0n) is 2.04. The van der Waals surface area contributed by atoms with E-state index in [1.54, 1.807) is 0 Å². The van der Waals surface area contributed by atoms with Gasteiger partial charge in [0, 0.05) is 0 Å². The van der Waals surface area contributed by atoms with E-state index in [1.165, 1.54) is 0 Å². The highest BCUT2D eigenvalue weighted by molar-refractivity contribution is 5.86. The molecule has 0 bridgehead atoms. The van der Waals surface area contributed by atoms with Crippen LogP contribution in [0.4, 0.5) is 4.70 Å². The largest absolute Gasteiger partial charge is 0.269 e. The Hall–Kier alpha value is 1.09.